The molecule has 0 unspecified atom stereocenters. The molecule has 2 atom stereocenters. The number of urea groups is 1. The first kappa shape index (κ1) is 21.7. The summed E-state index contributed by atoms with van der Waals surface area (Å²) in [7, 11) is 0. The molecule has 3 heterocycles. The van der Waals surface area contributed by atoms with Gasteiger partial charge in [-0.25, -0.2) is 9.18 Å². The van der Waals surface area contributed by atoms with Crippen molar-refractivity contribution in [2.24, 2.45) is 5.92 Å². The Balaban J connectivity index is 1.45. The maximum Gasteiger partial charge on any atom is 0.325 e. The van der Waals surface area contributed by atoms with Crippen molar-refractivity contribution in [3.05, 3.63) is 35.6 Å². The fourth-order valence-corrected chi connectivity index (χ4v) is 5.23. The first-order valence-corrected chi connectivity index (χ1v) is 11.2. The molecule has 3 aliphatic heterocycles. The van der Waals surface area contributed by atoms with Crippen molar-refractivity contribution in [3.63, 3.8) is 0 Å². The maximum absolute atomic E-state index is 13.5. The van der Waals surface area contributed by atoms with Crippen molar-refractivity contribution in [1.82, 2.24) is 15.1 Å². The van der Waals surface area contributed by atoms with Gasteiger partial charge in [0.2, 0.25) is 0 Å². The number of nitrogens with one attached hydrogen (secondary N) is 1. The van der Waals surface area contributed by atoms with Crippen LogP contribution < -0.4 is 5.32 Å². The Morgan fingerprint density at radius 3 is 2.68 bits per heavy atom. The van der Waals surface area contributed by atoms with Crippen LogP contribution in [0.2, 0.25) is 0 Å². The molecule has 0 bridgehead atoms. The van der Waals surface area contributed by atoms with E-state index in [2.05, 4.69) is 5.32 Å². The number of piperidine rings is 1. The Hall–Kier alpha value is -2.48. The van der Waals surface area contributed by atoms with E-state index in [1.54, 1.807) is 11.0 Å². The lowest BCUT2D eigenvalue weighted by Gasteiger charge is -2.41. The van der Waals surface area contributed by atoms with Crippen molar-refractivity contribution < 1.29 is 23.5 Å². The molecule has 0 aliphatic carbocycles. The minimum absolute atomic E-state index is 0.0463. The van der Waals surface area contributed by atoms with Crippen molar-refractivity contribution in [3.8, 4) is 0 Å². The van der Waals surface area contributed by atoms with E-state index in [0.29, 0.717) is 51.1 Å². The number of ether oxygens (including phenoxy) is 1. The van der Waals surface area contributed by atoms with Gasteiger partial charge in [-0.3, -0.25) is 14.5 Å². The molecule has 0 spiro atoms. The minimum atomic E-state index is -0.918. The quantitative estimate of drug-likeness (QED) is 0.703. The minimum Gasteiger partial charge on any atom is -0.376 e. The molecule has 0 saturated carbocycles. The van der Waals surface area contributed by atoms with Gasteiger partial charge in [-0.1, -0.05) is 19.4 Å². The van der Waals surface area contributed by atoms with E-state index in [0.717, 1.165) is 19.3 Å². The number of benzene rings is 1. The highest BCUT2D eigenvalue weighted by Gasteiger charge is 2.55. The average molecular weight is 432 g/mol. The number of nitrogens with zero attached hydrogens (tertiary/aromatic N) is 2. The Labute approximate surface area is 181 Å². The fourth-order valence-electron chi connectivity index (χ4n) is 5.23. The predicted molar refractivity (Wildman–Crippen MR) is 112 cm³/mol. The number of hydrogen-bond acceptors (Lipinski definition) is 4. The number of carbonyl (C=O) groups excluding carboxylic acids is 3. The van der Waals surface area contributed by atoms with Crippen LogP contribution in [-0.4, -0.2) is 65.5 Å². The number of carbonyl (C=O) groups is 3. The van der Waals surface area contributed by atoms with E-state index in [1.165, 1.54) is 23.1 Å². The second kappa shape index (κ2) is 8.94. The van der Waals surface area contributed by atoms with Gasteiger partial charge in [0.15, 0.2) is 0 Å². The molecule has 3 fully saturated rings. The summed E-state index contributed by atoms with van der Waals surface area (Å²) in [5.41, 5.74) is -0.590. The van der Waals surface area contributed by atoms with Crippen LogP contribution in [0.4, 0.5) is 9.18 Å². The van der Waals surface area contributed by atoms with Crippen LogP contribution in [0.1, 0.15) is 55.8 Å². The number of hydrogen-bond donors (Lipinski definition) is 1. The van der Waals surface area contributed by atoms with Crippen LogP contribution in [-0.2, 0) is 9.53 Å². The van der Waals surface area contributed by atoms with E-state index in [1.807, 2.05) is 6.92 Å². The summed E-state index contributed by atoms with van der Waals surface area (Å²) in [6.45, 7) is 3.92. The van der Waals surface area contributed by atoms with Crippen LogP contribution in [0.3, 0.4) is 0 Å². The Morgan fingerprint density at radius 2 is 2.03 bits per heavy atom. The number of likely N-dealkylation sites (tertiary alicyclic amines) is 1. The van der Waals surface area contributed by atoms with Gasteiger partial charge in [0.1, 0.15) is 11.4 Å². The lowest BCUT2D eigenvalue weighted by Crippen LogP contribution is -2.56. The third-order valence-electron chi connectivity index (χ3n) is 6.81. The topological polar surface area (TPSA) is 79.0 Å². The van der Waals surface area contributed by atoms with E-state index >= 15 is 0 Å². The van der Waals surface area contributed by atoms with Gasteiger partial charge < -0.3 is 15.0 Å². The third kappa shape index (κ3) is 4.18. The molecule has 1 aromatic rings. The average Bonchev–Trinajstić information content (AvgIpc) is 3.37. The number of amides is 4. The number of imide groups is 1. The van der Waals surface area contributed by atoms with Crippen molar-refractivity contribution >= 4 is 17.8 Å². The Bertz CT molecular complexity index is 849. The van der Waals surface area contributed by atoms with Gasteiger partial charge in [-0.05, 0) is 56.2 Å². The lowest BCUT2D eigenvalue weighted by atomic mass is 9.74. The normalized spacial score (nSPS) is 27.1. The highest BCUT2D eigenvalue weighted by molar-refractivity contribution is 6.07. The Kier molecular flexibility index (Phi) is 6.27. The van der Waals surface area contributed by atoms with E-state index < -0.39 is 11.4 Å². The summed E-state index contributed by atoms with van der Waals surface area (Å²) >= 11 is 0. The first-order chi connectivity index (χ1) is 14.9. The highest BCUT2D eigenvalue weighted by Crippen LogP contribution is 2.37. The summed E-state index contributed by atoms with van der Waals surface area (Å²) in [6.07, 6.45) is 4.29. The second-order valence-corrected chi connectivity index (χ2v) is 8.78. The van der Waals surface area contributed by atoms with Crippen molar-refractivity contribution in [1.29, 1.82) is 0 Å². The van der Waals surface area contributed by atoms with E-state index in [-0.39, 0.29) is 29.9 Å². The van der Waals surface area contributed by atoms with Crippen LogP contribution >= 0.6 is 0 Å². The summed E-state index contributed by atoms with van der Waals surface area (Å²) in [5, 5.41) is 3.02. The van der Waals surface area contributed by atoms with E-state index in [9.17, 15) is 18.8 Å². The monoisotopic (exact) mass is 431 g/mol. The van der Waals surface area contributed by atoms with Gasteiger partial charge in [-0.15, -0.1) is 0 Å². The van der Waals surface area contributed by atoms with E-state index in [4.69, 9.17) is 4.74 Å². The molecular formula is C23H30FN3O4. The van der Waals surface area contributed by atoms with Gasteiger partial charge in [-0.2, -0.15) is 0 Å². The molecule has 0 radical (unpaired) electrons. The zero-order valence-corrected chi connectivity index (χ0v) is 17.9. The van der Waals surface area contributed by atoms with Crippen LogP contribution in [0.25, 0.3) is 0 Å². The van der Waals surface area contributed by atoms with Gasteiger partial charge in [0.05, 0.1) is 12.6 Å². The Morgan fingerprint density at radius 1 is 1.26 bits per heavy atom. The highest BCUT2D eigenvalue weighted by atomic mass is 19.1. The molecule has 1 N–H and O–H groups in total. The molecule has 4 rings (SSSR count). The first-order valence-electron chi connectivity index (χ1n) is 11.2. The lowest BCUT2D eigenvalue weighted by molar-refractivity contribution is -0.135. The fraction of sp³-hybridized carbons (Fsp3) is 0.609. The molecule has 1 aromatic carbocycles. The second-order valence-electron chi connectivity index (χ2n) is 8.78. The SMILES string of the molecule is CCC[C@@]1(C2CCN(C(=O)c3cccc(F)c3)CC2)NC(=O)N(C[C@H]2CCCO2)C1=O. The standard InChI is InChI=1S/C23H30FN3O4/c1-2-10-23(21(29)27(22(30)25-23)15-19-7-4-13-31-19)17-8-11-26(12-9-17)20(28)16-5-3-6-18(24)14-16/h3,5-6,14,17,19H,2,4,7-13,15H2,1H3,(H,25,30)/t19-,23+/m1/s1. The van der Waals surface area contributed by atoms with Crippen LogP contribution in [0, 0.1) is 11.7 Å². The van der Waals surface area contributed by atoms with Gasteiger partial charge in [0, 0.05) is 25.3 Å². The molecule has 3 saturated heterocycles. The number of rotatable bonds is 6. The smallest absolute Gasteiger partial charge is 0.325 e. The zero-order valence-electron chi connectivity index (χ0n) is 17.9. The van der Waals surface area contributed by atoms with Crippen molar-refractivity contribution in [2.45, 2.75) is 57.1 Å². The predicted octanol–water partition coefficient (Wildman–Crippen LogP) is 2.95. The summed E-state index contributed by atoms with van der Waals surface area (Å²) in [4.78, 5) is 42.0. The van der Waals surface area contributed by atoms with Crippen LogP contribution in [0.5, 0.6) is 0 Å². The number of halogens is 1. The summed E-state index contributed by atoms with van der Waals surface area (Å²) in [6, 6.07) is 5.36. The zero-order chi connectivity index (χ0) is 22.0. The molecular weight excluding hydrogens is 401 g/mol. The summed E-state index contributed by atoms with van der Waals surface area (Å²) < 4.78 is 19.1. The molecule has 7 nitrogen and oxygen atoms in total. The van der Waals surface area contributed by atoms with Crippen LogP contribution in [0.15, 0.2) is 24.3 Å². The molecule has 0 aromatic heterocycles. The third-order valence-corrected chi connectivity index (χ3v) is 6.81. The molecule has 3 aliphatic rings. The van der Waals surface area contributed by atoms with Gasteiger partial charge in [0.25, 0.3) is 11.8 Å². The van der Waals surface area contributed by atoms with Crippen molar-refractivity contribution in [2.75, 3.05) is 26.2 Å². The largest absolute Gasteiger partial charge is 0.376 e. The molecule has 31 heavy (non-hydrogen) atoms. The summed E-state index contributed by atoms with van der Waals surface area (Å²) in [5.74, 6) is -0.850. The van der Waals surface area contributed by atoms with Gasteiger partial charge >= 0.3 is 6.03 Å². The molecule has 4 amide bonds. The maximum atomic E-state index is 13.5. The molecule has 168 valence electrons. The molecule has 8 heteroatoms.